The Bertz CT molecular complexity index is 943. The molecule has 24 heavy (non-hydrogen) atoms. The molecule has 0 aliphatic rings. The van der Waals surface area contributed by atoms with Gasteiger partial charge in [0.2, 0.25) is 0 Å². The van der Waals surface area contributed by atoms with Crippen molar-refractivity contribution in [2.45, 2.75) is 27.2 Å². The average molecular weight is 340 g/mol. The van der Waals surface area contributed by atoms with Crippen molar-refractivity contribution >= 4 is 28.5 Å². The van der Waals surface area contributed by atoms with Gasteiger partial charge >= 0.3 is 5.97 Å². The van der Waals surface area contributed by atoms with Crippen LogP contribution in [0.25, 0.3) is 22.0 Å². The van der Waals surface area contributed by atoms with Crippen LogP contribution < -0.4 is 0 Å². The molecule has 0 atom stereocenters. The second-order valence-corrected chi connectivity index (χ2v) is 6.36. The Labute approximate surface area is 145 Å². The van der Waals surface area contributed by atoms with Gasteiger partial charge in [-0.05, 0) is 25.8 Å². The largest absolute Gasteiger partial charge is 0.478 e. The topological polar surface area (TPSA) is 50.2 Å². The highest BCUT2D eigenvalue weighted by Gasteiger charge is 2.20. The van der Waals surface area contributed by atoms with Gasteiger partial charge in [-0.2, -0.15) is 0 Å². The van der Waals surface area contributed by atoms with Crippen molar-refractivity contribution in [3.8, 4) is 11.1 Å². The van der Waals surface area contributed by atoms with Crippen molar-refractivity contribution in [3.05, 3.63) is 63.8 Å². The Morgan fingerprint density at radius 1 is 1.17 bits per heavy atom. The third kappa shape index (κ3) is 2.76. The first kappa shape index (κ1) is 16.5. The maximum atomic E-state index is 11.6. The number of fused-ring (bicyclic) bond motifs is 1. The molecule has 122 valence electrons. The predicted octanol–water partition coefficient (Wildman–Crippen LogP) is 5.43. The standard InChI is InChI=1S/C20H18ClNO2/c1-4-16-17(20(23)24)18(21)15-7-5-6-14(19(15)22-16)13-9-11(2)8-12(3)10-13/h5-10H,4H2,1-3H3,(H,23,24). The Morgan fingerprint density at radius 3 is 2.42 bits per heavy atom. The predicted molar refractivity (Wildman–Crippen MR) is 98.0 cm³/mol. The molecule has 0 unspecified atom stereocenters. The SMILES string of the molecule is CCc1nc2c(-c3cc(C)cc(C)c3)cccc2c(Cl)c1C(=O)O. The lowest BCUT2D eigenvalue weighted by atomic mass is 9.97. The van der Waals surface area contributed by atoms with Crippen molar-refractivity contribution < 1.29 is 9.90 Å². The molecule has 3 nitrogen and oxygen atoms in total. The Morgan fingerprint density at radius 2 is 1.83 bits per heavy atom. The van der Waals surface area contributed by atoms with Gasteiger partial charge in [0.1, 0.15) is 5.56 Å². The lowest BCUT2D eigenvalue weighted by Crippen LogP contribution is -2.06. The van der Waals surface area contributed by atoms with Crippen molar-refractivity contribution in [1.82, 2.24) is 4.98 Å². The number of aromatic carboxylic acids is 1. The van der Waals surface area contributed by atoms with Crippen LogP contribution in [0.1, 0.15) is 34.1 Å². The smallest absolute Gasteiger partial charge is 0.339 e. The van der Waals surface area contributed by atoms with E-state index in [1.807, 2.05) is 25.1 Å². The number of hydrogen-bond acceptors (Lipinski definition) is 2. The monoisotopic (exact) mass is 339 g/mol. The van der Waals surface area contributed by atoms with E-state index in [-0.39, 0.29) is 10.6 Å². The van der Waals surface area contributed by atoms with E-state index >= 15 is 0 Å². The summed E-state index contributed by atoms with van der Waals surface area (Å²) in [5.74, 6) is -1.04. The van der Waals surface area contributed by atoms with Gasteiger partial charge in [0.05, 0.1) is 16.2 Å². The molecular weight excluding hydrogens is 322 g/mol. The summed E-state index contributed by atoms with van der Waals surface area (Å²) in [5.41, 5.74) is 5.73. The summed E-state index contributed by atoms with van der Waals surface area (Å²) in [7, 11) is 0. The molecule has 0 fully saturated rings. The van der Waals surface area contributed by atoms with Crippen LogP contribution in [-0.4, -0.2) is 16.1 Å². The van der Waals surface area contributed by atoms with E-state index < -0.39 is 5.97 Å². The normalized spacial score (nSPS) is 11.0. The second kappa shape index (κ2) is 6.25. The number of carboxylic acid groups (broad SMARTS) is 1. The van der Waals surface area contributed by atoms with E-state index in [1.165, 1.54) is 11.1 Å². The Balaban J connectivity index is 2.39. The van der Waals surface area contributed by atoms with Gasteiger partial charge in [0.15, 0.2) is 0 Å². The zero-order chi connectivity index (χ0) is 17.4. The van der Waals surface area contributed by atoms with Gasteiger partial charge in [-0.15, -0.1) is 0 Å². The van der Waals surface area contributed by atoms with Gasteiger partial charge in [0, 0.05) is 10.9 Å². The number of aromatic nitrogens is 1. The van der Waals surface area contributed by atoms with Gasteiger partial charge in [-0.1, -0.05) is 66.0 Å². The molecule has 0 amide bonds. The van der Waals surface area contributed by atoms with Gasteiger partial charge in [-0.25, -0.2) is 4.79 Å². The van der Waals surface area contributed by atoms with Crippen LogP contribution in [-0.2, 0) is 6.42 Å². The number of pyridine rings is 1. The molecule has 2 aromatic carbocycles. The summed E-state index contributed by atoms with van der Waals surface area (Å²) in [6.07, 6.45) is 0.512. The third-order valence-corrected chi connectivity index (χ3v) is 4.50. The van der Waals surface area contributed by atoms with E-state index in [4.69, 9.17) is 11.6 Å². The van der Waals surface area contributed by atoms with Crippen molar-refractivity contribution in [1.29, 1.82) is 0 Å². The minimum atomic E-state index is -1.04. The zero-order valence-electron chi connectivity index (χ0n) is 13.9. The molecule has 0 bridgehead atoms. The highest BCUT2D eigenvalue weighted by Crippen LogP contribution is 2.35. The summed E-state index contributed by atoms with van der Waals surface area (Å²) in [6.45, 7) is 6.00. The molecule has 4 heteroatoms. The first-order valence-electron chi connectivity index (χ1n) is 7.85. The van der Waals surface area contributed by atoms with E-state index in [0.717, 1.165) is 16.6 Å². The fraction of sp³-hybridized carbons (Fsp3) is 0.200. The third-order valence-electron chi connectivity index (χ3n) is 4.11. The maximum Gasteiger partial charge on any atom is 0.339 e. The minimum Gasteiger partial charge on any atom is -0.478 e. The summed E-state index contributed by atoms with van der Waals surface area (Å²) in [5, 5.41) is 10.4. The quantitative estimate of drug-likeness (QED) is 0.692. The lowest BCUT2D eigenvalue weighted by Gasteiger charge is -2.13. The summed E-state index contributed by atoms with van der Waals surface area (Å²) in [6, 6.07) is 12.0. The van der Waals surface area contributed by atoms with Gasteiger partial charge in [0.25, 0.3) is 0 Å². The fourth-order valence-electron chi connectivity index (χ4n) is 3.13. The van der Waals surface area contributed by atoms with Crippen molar-refractivity contribution in [2.24, 2.45) is 0 Å². The van der Waals surface area contributed by atoms with Crippen LogP contribution in [0.15, 0.2) is 36.4 Å². The second-order valence-electron chi connectivity index (χ2n) is 5.98. The number of nitrogens with zero attached hydrogens (tertiary/aromatic N) is 1. The summed E-state index contributed by atoms with van der Waals surface area (Å²) >= 11 is 6.42. The highest BCUT2D eigenvalue weighted by molar-refractivity contribution is 6.38. The van der Waals surface area contributed by atoms with Crippen molar-refractivity contribution in [2.75, 3.05) is 0 Å². The van der Waals surface area contributed by atoms with E-state index in [0.29, 0.717) is 17.5 Å². The Hall–Kier alpha value is -2.39. The van der Waals surface area contributed by atoms with Crippen LogP contribution in [0.4, 0.5) is 0 Å². The number of rotatable bonds is 3. The molecule has 1 heterocycles. The molecule has 0 aliphatic carbocycles. The summed E-state index contributed by atoms with van der Waals surface area (Å²) < 4.78 is 0. The van der Waals surface area contributed by atoms with E-state index in [1.54, 1.807) is 0 Å². The fourth-order valence-corrected chi connectivity index (χ4v) is 3.47. The van der Waals surface area contributed by atoms with Crippen LogP contribution >= 0.6 is 11.6 Å². The molecule has 0 aliphatic heterocycles. The Kier molecular flexibility index (Phi) is 4.29. The number of carbonyl (C=O) groups is 1. The maximum absolute atomic E-state index is 11.6. The highest BCUT2D eigenvalue weighted by atomic mass is 35.5. The molecule has 0 spiro atoms. The number of carboxylic acids is 1. The molecule has 0 saturated heterocycles. The number of halogens is 1. The van der Waals surface area contributed by atoms with Crippen LogP contribution in [0.2, 0.25) is 5.02 Å². The average Bonchev–Trinajstić information content (AvgIpc) is 2.52. The van der Waals surface area contributed by atoms with E-state index in [2.05, 4.69) is 37.0 Å². The lowest BCUT2D eigenvalue weighted by molar-refractivity contribution is 0.0695. The van der Waals surface area contributed by atoms with Crippen LogP contribution in [0, 0.1) is 13.8 Å². The van der Waals surface area contributed by atoms with Gasteiger partial charge < -0.3 is 5.11 Å². The molecule has 0 saturated carbocycles. The molecule has 3 rings (SSSR count). The number of benzene rings is 2. The molecule has 1 N–H and O–H groups in total. The molecule has 0 radical (unpaired) electrons. The van der Waals surface area contributed by atoms with Crippen LogP contribution in [0.5, 0.6) is 0 Å². The van der Waals surface area contributed by atoms with Gasteiger partial charge in [-0.3, -0.25) is 4.98 Å². The number of hydrogen-bond donors (Lipinski definition) is 1. The first-order chi connectivity index (χ1) is 11.4. The molecule has 3 aromatic rings. The van der Waals surface area contributed by atoms with E-state index in [9.17, 15) is 9.90 Å². The van der Waals surface area contributed by atoms with Crippen LogP contribution in [0.3, 0.4) is 0 Å². The van der Waals surface area contributed by atoms with Crippen molar-refractivity contribution in [3.63, 3.8) is 0 Å². The minimum absolute atomic E-state index is 0.101. The molecular formula is C20H18ClNO2. The number of aryl methyl sites for hydroxylation is 3. The molecule has 1 aromatic heterocycles. The number of para-hydroxylation sites is 1. The zero-order valence-corrected chi connectivity index (χ0v) is 14.6. The summed E-state index contributed by atoms with van der Waals surface area (Å²) in [4.78, 5) is 16.2. The first-order valence-corrected chi connectivity index (χ1v) is 8.23.